The monoisotopic (exact) mass is 500 g/mol. The Balaban J connectivity index is 1.42. The Morgan fingerprint density at radius 2 is 2.06 bits per heavy atom. The topological polar surface area (TPSA) is 131 Å². The van der Waals surface area contributed by atoms with Gasteiger partial charge < -0.3 is 30.9 Å². The zero-order valence-corrected chi connectivity index (χ0v) is 19.0. The molecule has 168 valence electrons. The van der Waals surface area contributed by atoms with Crippen LogP contribution in [0.4, 0.5) is 27.9 Å². The van der Waals surface area contributed by atoms with Gasteiger partial charge in [0.05, 0.1) is 29.1 Å². The Morgan fingerprint density at radius 3 is 2.81 bits per heavy atom. The van der Waals surface area contributed by atoms with Crippen molar-refractivity contribution in [1.29, 1.82) is 0 Å². The SMILES string of the molecule is O=C(Nc1cccc(Nc2ncc(Br)c(N[C@H](CO)Cc3c[nH]cn3)n2)c1)N1CCCC1. The molecule has 1 fully saturated rings. The van der Waals surface area contributed by atoms with Crippen molar-refractivity contribution in [3.8, 4) is 0 Å². The summed E-state index contributed by atoms with van der Waals surface area (Å²) in [6.07, 6.45) is 7.67. The van der Waals surface area contributed by atoms with E-state index in [9.17, 15) is 9.90 Å². The normalized spacial score (nSPS) is 14.2. The number of rotatable bonds is 8. The fourth-order valence-electron chi connectivity index (χ4n) is 3.46. The van der Waals surface area contributed by atoms with Gasteiger partial charge in [0.25, 0.3) is 0 Å². The molecule has 0 unspecified atom stereocenters. The van der Waals surface area contributed by atoms with Crippen molar-refractivity contribution in [1.82, 2.24) is 24.8 Å². The molecule has 0 saturated carbocycles. The van der Waals surface area contributed by atoms with Gasteiger partial charge in [-0.1, -0.05) is 6.07 Å². The summed E-state index contributed by atoms with van der Waals surface area (Å²) in [7, 11) is 0. The van der Waals surface area contributed by atoms with Crippen molar-refractivity contribution in [3.05, 3.63) is 53.2 Å². The summed E-state index contributed by atoms with van der Waals surface area (Å²) < 4.78 is 0.676. The summed E-state index contributed by atoms with van der Waals surface area (Å²) in [5.74, 6) is 0.936. The van der Waals surface area contributed by atoms with Crippen molar-refractivity contribution in [3.63, 3.8) is 0 Å². The molecule has 1 aliphatic rings. The van der Waals surface area contributed by atoms with E-state index in [-0.39, 0.29) is 18.7 Å². The molecule has 5 N–H and O–H groups in total. The quantitative estimate of drug-likeness (QED) is 0.320. The van der Waals surface area contributed by atoms with Gasteiger partial charge in [0.2, 0.25) is 5.95 Å². The van der Waals surface area contributed by atoms with Crippen LogP contribution in [0.5, 0.6) is 0 Å². The number of aromatic nitrogens is 4. The van der Waals surface area contributed by atoms with E-state index >= 15 is 0 Å². The highest BCUT2D eigenvalue weighted by Gasteiger charge is 2.18. The van der Waals surface area contributed by atoms with E-state index in [1.54, 1.807) is 18.7 Å². The Hall–Kier alpha value is -3.18. The molecule has 4 rings (SSSR count). The minimum atomic E-state index is -0.263. The molecule has 0 radical (unpaired) electrons. The van der Waals surface area contributed by atoms with Crippen molar-refractivity contribution in [2.24, 2.45) is 0 Å². The van der Waals surface area contributed by atoms with Crippen LogP contribution >= 0.6 is 15.9 Å². The maximum Gasteiger partial charge on any atom is 0.321 e. The average molecular weight is 501 g/mol. The van der Waals surface area contributed by atoms with Gasteiger partial charge in [-0.25, -0.2) is 14.8 Å². The van der Waals surface area contributed by atoms with Gasteiger partial charge >= 0.3 is 6.03 Å². The molecule has 1 atom stereocenters. The second-order valence-electron chi connectivity index (χ2n) is 7.51. The van der Waals surface area contributed by atoms with Crippen LogP contribution in [-0.2, 0) is 6.42 Å². The number of hydrogen-bond acceptors (Lipinski definition) is 7. The third kappa shape index (κ3) is 5.74. The summed E-state index contributed by atoms with van der Waals surface area (Å²) in [6.45, 7) is 1.51. The number of likely N-dealkylation sites (tertiary alicyclic amines) is 1. The highest BCUT2D eigenvalue weighted by molar-refractivity contribution is 9.10. The molecule has 2 amide bonds. The average Bonchev–Trinajstić information content (AvgIpc) is 3.50. The highest BCUT2D eigenvalue weighted by atomic mass is 79.9. The van der Waals surface area contributed by atoms with Crippen LogP contribution < -0.4 is 16.0 Å². The zero-order valence-electron chi connectivity index (χ0n) is 17.4. The summed E-state index contributed by atoms with van der Waals surface area (Å²) in [5, 5.41) is 19.1. The molecular weight excluding hydrogens is 476 g/mol. The number of nitrogens with one attached hydrogen (secondary N) is 4. The summed E-state index contributed by atoms with van der Waals surface area (Å²) >= 11 is 3.45. The predicted octanol–water partition coefficient (Wildman–Crippen LogP) is 3.35. The van der Waals surface area contributed by atoms with Crippen LogP contribution in [0.15, 0.2) is 47.5 Å². The molecule has 0 spiro atoms. The number of anilines is 4. The van der Waals surface area contributed by atoms with E-state index in [0.717, 1.165) is 37.3 Å². The van der Waals surface area contributed by atoms with Crippen molar-refractivity contribution in [2.75, 3.05) is 35.6 Å². The molecule has 3 heterocycles. The first-order chi connectivity index (χ1) is 15.6. The largest absolute Gasteiger partial charge is 0.394 e. The lowest BCUT2D eigenvalue weighted by Gasteiger charge is -2.18. The number of hydrogen-bond donors (Lipinski definition) is 5. The lowest BCUT2D eigenvalue weighted by molar-refractivity contribution is 0.222. The van der Waals surface area contributed by atoms with Gasteiger partial charge in [-0.2, -0.15) is 4.98 Å². The third-order valence-electron chi connectivity index (χ3n) is 5.08. The van der Waals surface area contributed by atoms with E-state index in [2.05, 4.69) is 51.8 Å². The van der Waals surface area contributed by atoms with Crippen molar-refractivity contribution < 1.29 is 9.90 Å². The predicted molar refractivity (Wildman–Crippen MR) is 126 cm³/mol. The first-order valence-corrected chi connectivity index (χ1v) is 11.2. The standard InChI is InChI=1S/C21H25BrN8O2/c22-18-11-24-20(29-19(18)26-17(12-31)9-16-10-23-13-25-16)27-14-4-3-5-15(8-14)28-21(32)30-6-1-2-7-30/h3-5,8,10-11,13,17,31H,1-2,6-7,9,12H2,(H,23,25)(H,28,32)(H2,24,26,27,29)/t17-/m0/s1. The number of aliphatic hydroxyl groups is 1. The van der Waals surface area contributed by atoms with Crippen LogP contribution in [-0.4, -0.2) is 61.7 Å². The Kier molecular flexibility index (Phi) is 7.17. The number of benzene rings is 1. The third-order valence-corrected chi connectivity index (χ3v) is 5.66. The lowest BCUT2D eigenvalue weighted by Crippen LogP contribution is -2.32. The summed E-state index contributed by atoms with van der Waals surface area (Å²) in [6, 6.07) is 7.05. The van der Waals surface area contributed by atoms with Crippen LogP contribution in [0.3, 0.4) is 0 Å². The number of H-pyrrole nitrogens is 1. The molecule has 0 aliphatic carbocycles. The molecule has 2 aromatic heterocycles. The maximum atomic E-state index is 12.3. The van der Waals surface area contributed by atoms with Crippen LogP contribution in [0, 0.1) is 0 Å². The molecule has 1 aliphatic heterocycles. The van der Waals surface area contributed by atoms with Gasteiger partial charge in [-0.15, -0.1) is 0 Å². The fraction of sp³-hybridized carbons (Fsp3) is 0.333. The number of halogens is 1. The highest BCUT2D eigenvalue weighted by Crippen LogP contribution is 2.24. The van der Waals surface area contributed by atoms with Crippen LogP contribution in [0.2, 0.25) is 0 Å². The summed E-state index contributed by atoms with van der Waals surface area (Å²) in [4.78, 5) is 30.1. The number of urea groups is 1. The van der Waals surface area contributed by atoms with Gasteiger partial charge in [0, 0.05) is 43.3 Å². The zero-order chi connectivity index (χ0) is 22.3. The number of amides is 2. The van der Waals surface area contributed by atoms with E-state index in [0.29, 0.717) is 28.3 Å². The molecule has 11 heteroatoms. The molecule has 1 saturated heterocycles. The summed E-state index contributed by atoms with van der Waals surface area (Å²) in [5.41, 5.74) is 2.28. The lowest BCUT2D eigenvalue weighted by atomic mass is 10.2. The van der Waals surface area contributed by atoms with E-state index < -0.39 is 0 Å². The number of aliphatic hydroxyl groups excluding tert-OH is 1. The smallest absolute Gasteiger partial charge is 0.321 e. The van der Waals surface area contributed by atoms with E-state index in [1.807, 2.05) is 29.2 Å². The first kappa shape index (κ1) is 22.0. The van der Waals surface area contributed by atoms with Gasteiger partial charge in [-0.3, -0.25) is 0 Å². The molecule has 32 heavy (non-hydrogen) atoms. The van der Waals surface area contributed by atoms with Gasteiger partial charge in [-0.05, 0) is 47.0 Å². The van der Waals surface area contributed by atoms with Crippen LogP contribution in [0.1, 0.15) is 18.5 Å². The molecular formula is C21H25BrN8O2. The first-order valence-electron chi connectivity index (χ1n) is 10.4. The Morgan fingerprint density at radius 1 is 1.25 bits per heavy atom. The molecule has 3 aromatic rings. The van der Waals surface area contributed by atoms with Gasteiger partial charge in [0.15, 0.2) is 0 Å². The second kappa shape index (κ2) is 10.4. The number of carbonyl (C=O) groups is 1. The van der Waals surface area contributed by atoms with E-state index in [1.165, 1.54) is 0 Å². The number of imidazole rings is 1. The Labute approximate surface area is 194 Å². The second-order valence-corrected chi connectivity index (χ2v) is 8.36. The minimum Gasteiger partial charge on any atom is -0.394 e. The molecule has 10 nitrogen and oxygen atoms in total. The maximum absolute atomic E-state index is 12.3. The van der Waals surface area contributed by atoms with Crippen molar-refractivity contribution in [2.45, 2.75) is 25.3 Å². The van der Waals surface area contributed by atoms with E-state index in [4.69, 9.17) is 0 Å². The fourth-order valence-corrected chi connectivity index (χ4v) is 3.77. The number of carbonyl (C=O) groups excluding carboxylic acids is 1. The Bertz CT molecular complexity index is 1040. The number of aromatic amines is 1. The minimum absolute atomic E-state index is 0.0785. The number of nitrogens with zero attached hydrogens (tertiary/aromatic N) is 4. The van der Waals surface area contributed by atoms with Crippen molar-refractivity contribution >= 4 is 45.1 Å². The molecule has 0 bridgehead atoms. The van der Waals surface area contributed by atoms with Gasteiger partial charge in [0.1, 0.15) is 5.82 Å². The van der Waals surface area contributed by atoms with Crippen LogP contribution in [0.25, 0.3) is 0 Å². The molecule has 1 aromatic carbocycles.